The van der Waals surface area contributed by atoms with Gasteiger partial charge in [-0.2, -0.15) is 15.3 Å². The molecule has 0 amide bonds. The number of hydrogen-bond donors (Lipinski definition) is 2. The molecule has 0 aliphatic heterocycles. The van der Waals surface area contributed by atoms with E-state index in [0.29, 0.717) is 57.4 Å². The van der Waals surface area contributed by atoms with Crippen LogP contribution in [0.5, 0.6) is 0 Å². The Morgan fingerprint density at radius 3 is 2.43 bits per heavy atom. The Hall–Kier alpha value is -3.30. The molecule has 0 aliphatic carbocycles. The predicted molar refractivity (Wildman–Crippen MR) is 145 cm³/mol. The number of ether oxygens (including phenoxy) is 1. The lowest BCUT2D eigenvalue weighted by atomic mass is 10.0. The average Bonchev–Trinajstić information content (AvgIpc) is 3.63. The van der Waals surface area contributed by atoms with E-state index in [4.69, 9.17) is 32.9 Å². The minimum atomic E-state index is -2.57. The number of H-pyrrole nitrogens is 2. The highest BCUT2D eigenvalue weighted by Gasteiger charge is 2.24. The van der Waals surface area contributed by atoms with E-state index >= 15 is 0 Å². The van der Waals surface area contributed by atoms with Crippen molar-refractivity contribution in [2.24, 2.45) is 0 Å². The summed E-state index contributed by atoms with van der Waals surface area (Å²) in [5.41, 5.74) is 4.48. The summed E-state index contributed by atoms with van der Waals surface area (Å²) in [7, 11) is -0.949. The first-order chi connectivity index (χ1) is 17.8. The molecule has 2 N–H and O–H groups in total. The zero-order chi connectivity index (χ0) is 26.2. The first-order valence-electron chi connectivity index (χ1n) is 11.2. The van der Waals surface area contributed by atoms with Crippen LogP contribution in [0.4, 0.5) is 0 Å². The highest BCUT2D eigenvalue weighted by molar-refractivity contribution is 7.70. The SMILES string of the molecule is COCCn1ncc(-c2[nH]ncc2-c2ncc(Cl)c(-c3[nH]ncc3-c3ccccc3P(C)(C)=O)n2)c1Cl. The molecule has 0 saturated carbocycles. The fraction of sp³-hybridized carbons (Fsp3) is 0.208. The van der Waals surface area contributed by atoms with Crippen LogP contribution in [0.1, 0.15) is 0 Å². The van der Waals surface area contributed by atoms with Crippen LogP contribution in [0.3, 0.4) is 0 Å². The molecule has 190 valence electrons. The Kier molecular flexibility index (Phi) is 7.00. The number of methoxy groups -OCH3 is 1. The van der Waals surface area contributed by atoms with Crippen molar-refractivity contribution in [3.8, 4) is 45.2 Å². The second-order valence-electron chi connectivity index (χ2n) is 8.64. The minimum Gasteiger partial charge on any atom is -0.383 e. The second-order valence-corrected chi connectivity index (χ2v) is 12.6. The number of hydrogen-bond acceptors (Lipinski definition) is 7. The van der Waals surface area contributed by atoms with Crippen molar-refractivity contribution in [1.82, 2.24) is 40.1 Å². The van der Waals surface area contributed by atoms with Gasteiger partial charge >= 0.3 is 0 Å². The van der Waals surface area contributed by atoms with Crippen LogP contribution in [0.25, 0.3) is 45.2 Å². The van der Waals surface area contributed by atoms with E-state index in [1.54, 1.807) is 43.7 Å². The molecule has 0 spiro atoms. The van der Waals surface area contributed by atoms with Gasteiger partial charge in [0.2, 0.25) is 0 Å². The maximum absolute atomic E-state index is 13.0. The lowest BCUT2D eigenvalue weighted by Crippen LogP contribution is -2.07. The normalized spacial score (nSPS) is 11.8. The second kappa shape index (κ2) is 10.2. The van der Waals surface area contributed by atoms with Crippen molar-refractivity contribution < 1.29 is 9.30 Å². The quantitative estimate of drug-likeness (QED) is 0.258. The van der Waals surface area contributed by atoms with Crippen molar-refractivity contribution >= 4 is 35.6 Å². The Labute approximate surface area is 222 Å². The van der Waals surface area contributed by atoms with Gasteiger partial charge in [0, 0.05) is 18.0 Å². The molecule has 10 nitrogen and oxygen atoms in total. The molecule has 1 aromatic carbocycles. The number of aromatic amines is 2. The van der Waals surface area contributed by atoms with E-state index < -0.39 is 7.14 Å². The van der Waals surface area contributed by atoms with Gasteiger partial charge in [-0.05, 0) is 18.9 Å². The highest BCUT2D eigenvalue weighted by Crippen LogP contribution is 2.42. The van der Waals surface area contributed by atoms with Crippen LogP contribution < -0.4 is 5.30 Å². The molecule has 0 aliphatic rings. The third-order valence-electron chi connectivity index (χ3n) is 5.83. The highest BCUT2D eigenvalue weighted by atomic mass is 35.5. The molecule has 0 bridgehead atoms. The van der Waals surface area contributed by atoms with Gasteiger partial charge in [0.15, 0.2) is 5.82 Å². The molecule has 0 saturated heterocycles. The van der Waals surface area contributed by atoms with E-state index in [1.807, 2.05) is 24.3 Å². The van der Waals surface area contributed by atoms with Crippen LogP contribution in [0, 0.1) is 0 Å². The summed E-state index contributed by atoms with van der Waals surface area (Å²) in [6, 6.07) is 7.55. The van der Waals surface area contributed by atoms with Gasteiger partial charge in [0.25, 0.3) is 0 Å². The topological polar surface area (TPSA) is 127 Å². The Balaban J connectivity index is 1.59. The lowest BCUT2D eigenvalue weighted by Gasteiger charge is -2.14. The number of benzene rings is 1. The van der Waals surface area contributed by atoms with Crippen LogP contribution in [-0.4, -0.2) is 67.2 Å². The third-order valence-corrected chi connectivity index (χ3v) is 8.05. The van der Waals surface area contributed by atoms with E-state index in [2.05, 4.69) is 30.5 Å². The number of nitrogens with zero attached hydrogens (tertiary/aromatic N) is 6. The Morgan fingerprint density at radius 1 is 0.946 bits per heavy atom. The van der Waals surface area contributed by atoms with Gasteiger partial charge in [-0.1, -0.05) is 47.5 Å². The lowest BCUT2D eigenvalue weighted by molar-refractivity contribution is 0.183. The standard InChI is InChI=1S/C24H23Cl2N8O2P/c1-36-9-8-34-23(26)16(12-30-34)20-17(11-29-32-20)24-27-13-18(25)22(31-24)21-15(10-28-33-21)14-6-4-5-7-19(14)37(2,3)35/h4-7,10-13H,8-9H2,1-3H3,(H,28,33)(H,29,32). The van der Waals surface area contributed by atoms with Crippen molar-refractivity contribution in [2.45, 2.75) is 6.54 Å². The predicted octanol–water partition coefficient (Wildman–Crippen LogP) is 4.99. The van der Waals surface area contributed by atoms with Crippen molar-refractivity contribution in [3.05, 3.63) is 59.2 Å². The Morgan fingerprint density at radius 2 is 1.68 bits per heavy atom. The zero-order valence-electron chi connectivity index (χ0n) is 20.2. The molecule has 13 heteroatoms. The van der Waals surface area contributed by atoms with Crippen molar-refractivity contribution in [2.75, 3.05) is 27.0 Å². The summed E-state index contributed by atoms with van der Waals surface area (Å²) >= 11 is 13.2. The fourth-order valence-corrected chi connectivity index (χ4v) is 5.72. The number of nitrogens with one attached hydrogen (secondary N) is 2. The largest absolute Gasteiger partial charge is 0.383 e. The molecule has 37 heavy (non-hydrogen) atoms. The Bertz CT molecular complexity index is 1620. The summed E-state index contributed by atoms with van der Waals surface area (Å²) < 4.78 is 19.8. The number of rotatable bonds is 8. The third kappa shape index (κ3) is 4.85. The molecule has 0 atom stereocenters. The molecule has 0 fully saturated rings. The van der Waals surface area contributed by atoms with Crippen molar-refractivity contribution in [3.63, 3.8) is 0 Å². The van der Waals surface area contributed by atoms with E-state index in [0.717, 1.165) is 16.4 Å². The maximum atomic E-state index is 13.0. The fourth-order valence-electron chi connectivity index (χ4n) is 4.05. The molecular weight excluding hydrogens is 534 g/mol. The maximum Gasteiger partial charge on any atom is 0.163 e. The zero-order valence-corrected chi connectivity index (χ0v) is 22.6. The van der Waals surface area contributed by atoms with Gasteiger partial charge in [0.05, 0.1) is 65.5 Å². The number of aromatic nitrogens is 8. The summed E-state index contributed by atoms with van der Waals surface area (Å²) in [6.45, 7) is 4.46. The number of halogens is 2. The van der Waals surface area contributed by atoms with Crippen LogP contribution in [-0.2, 0) is 15.8 Å². The molecule has 4 heterocycles. The molecule has 4 aromatic heterocycles. The first-order valence-corrected chi connectivity index (χ1v) is 14.6. The van der Waals surface area contributed by atoms with E-state index in [-0.39, 0.29) is 0 Å². The van der Waals surface area contributed by atoms with E-state index in [9.17, 15) is 4.57 Å². The van der Waals surface area contributed by atoms with Gasteiger partial charge in [-0.15, -0.1) is 0 Å². The first kappa shape index (κ1) is 25.4. The van der Waals surface area contributed by atoms with Gasteiger partial charge < -0.3 is 9.30 Å². The average molecular weight is 557 g/mol. The molecule has 5 aromatic rings. The summed E-state index contributed by atoms with van der Waals surface area (Å²) in [5, 5.41) is 20.3. The molecule has 0 unspecified atom stereocenters. The molecule has 5 rings (SSSR count). The summed E-state index contributed by atoms with van der Waals surface area (Å²) in [6.07, 6.45) is 6.49. The van der Waals surface area contributed by atoms with Gasteiger partial charge in [-0.25, -0.2) is 9.97 Å². The van der Waals surface area contributed by atoms with Crippen LogP contribution in [0.2, 0.25) is 10.2 Å². The smallest absolute Gasteiger partial charge is 0.163 e. The van der Waals surface area contributed by atoms with Crippen LogP contribution >= 0.6 is 30.3 Å². The van der Waals surface area contributed by atoms with E-state index in [1.165, 1.54) is 6.20 Å². The summed E-state index contributed by atoms with van der Waals surface area (Å²) in [5.74, 6) is 0.384. The van der Waals surface area contributed by atoms with Crippen LogP contribution in [0.15, 0.2) is 49.1 Å². The minimum absolute atomic E-state index is 0.332. The van der Waals surface area contributed by atoms with Gasteiger partial charge in [-0.3, -0.25) is 14.9 Å². The molecule has 0 radical (unpaired) electrons. The van der Waals surface area contributed by atoms with Gasteiger partial charge in [0.1, 0.15) is 18.0 Å². The van der Waals surface area contributed by atoms with Crippen molar-refractivity contribution in [1.29, 1.82) is 0 Å². The summed E-state index contributed by atoms with van der Waals surface area (Å²) in [4.78, 5) is 9.22. The monoisotopic (exact) mass is 556 g/mol. The molecular formula is C24H23Cl2N8O2P.